The molecule has 0 aliphatic heterocycles. The van der Waals surface area contributed by atoms with Crippen LogP contribution in [-0.4, -0.2) is 24.0 Å². The molecule has 19 heavy (non-hydrogen) atoms. The smallest absolute Gasteiger partial charge is 0.370 e. The maximum Gasteiger partial charge on any atom is 0.411 e. The third-order valence-electron chi connectivity index (χ3n) is 3.21. The molecule has 3 nitrogen and oxygen atoms in total. The summed E-state index contributed by atoms with van der Waals surface area (Å²) in [7, 11) is 0. The van der Waals surface area contributed by atoms with Gasteiger partial charge in [0.1, 0.15) is 6.61 Å². The second-order valence-electron chi connectivity index (χ2n) is 4.91. The zero-order valence-corrected chi connectivity index (χ0v) is 11.4. The van der Waals surface area contributed by atoms with Crippen molar-refractivity contribution in [2.75, 3.05) is 13.2 Å². The first kappa shape index (κ1) is 14.6. The Kier molecular flexibility index (Phi) is 4.35. The molecule has 0 amide bonds. The second kappa shape index (κ2) is 5.66. The van der Waals surface area contributed by atoms with Crippen LogP contribution in [0.3, 0.4) is 0 Å². The van der Waals surface area contributed by atoms with E-state index in [0.717, 1.165) is 29.8 Å². The van der Waals surface area contributed by atoms with Crippen molar-refractivity contribution in [3.63, 3.8) is 0 Å². The molecule has 1 atom stereocenters. The predicted octanol–water partition coefficient (Wildman–Crippen LogP) is 2.61. The van der Waals surface area contributed by atoms with E-state index in [-0.39, 0.29) is 18.0 Å². The predicted molar refractivity (Wildman–Crippen MR) is 66.6 cm³/mol. The molecule has 0 radical (unpaired) electrons. The number of ether oxygens (including phenoxy) is 1. The van der Waals surface area contributed by atoms with Crippen LogP contribution in [0.4, 0.5) is 13.2 Å². The van der Waals surface area contributed by atoms with Gasteiger partial charge in [0.15, 0.2) is 0 Å². The SMILES string of the molecule is C[C@@H]1CCc2c(sc(=O)n2CCOCC(F)(F)F)C1. The van der Waals surface area contributed by atoms with Gasteiger partial charge in [0.2, 0.25) is 0 Å². The molecule has 0 bridgehead atoms. The minimum atomic E-state index is -4.31. The average Bonchev–Trinajstić information content (AvgIpc) is 2.58. The number of fused-ring (bicyclic) bond motifs is 1. The zero-order chi connectivity index (χ0) is 14.0. The fraction of sp³-hybridized carbons (Fsp3) is 0.750. The number of rotatable bonds is 4. The second-order valence-corrected chi connectivity index (χ2v) is 5.95. The van der Waals surface area contributed by atoms with Crippen molar-refractivity contribution in [2.24, 2.45) is 5.92 Å². The number of nitrogens with zero attached hydrogens (tertiary/aromatic N) is 1. The quantitative estimate of drug-likeness (QED) is 0.800. The fourth-order valence-corrected chi connectivity index (χ4v) is 3.51. The summed E-state index contributed by atoms with van der Waals surface area (Å²) in [5, 5.41) is 0. The van der Waals surface area contributed by atoms with Crippen molar-refractivity contribution in [1.29, 1.82) is 0 Å². The van der Waals surface area contributed by atoms with Crippen LogP contribution in [-0.2, 0) is 24.1 Å². The monoisotopic (exact) mass is 295 g/mol. The molecule has 1 aliphatic carbocycles. The lowest BCUT2D eigenvalue weighted by atomic mass is 9.93. The maximum atomic E-state index is 11.9. The third kappa shape index (κ3) is 3.82. The standard InChI is InChI=1S/C12H16F3NO2S/c1-8-2-3-9-10(6-8)19-11(17)16(9)4-5-18-7-12(13,14)15/h8H,2-7H2,1H3/t8-/m1/s1. The van der Waals surface area contributed by atoms with E-state index in [1.807, 2.05) is 0 Å². The molecule has 108 valence electrons. The Balaban J connectivity index is 1.96. The Morgan fingerprint density at radius 2 is 2.21 bits per heavy atom. The number of hydrogen-bond acceptors (Lipinski definition) is 3. The molecule has 0 fully saturated rings. The number of alkyl halides is 3. The number of hydrogen-bond donors (Lipinski definition) is 0. The maximum absolute atomic E-state index is 11.9. The van der Waals surface area contributed by atoms with Crippen LogP contribution in [0.1, 0.15) is 23.9 Å². The van der Waals surface area contributed by atoms with E-state index in [9.17, 15) is 18.0 Å². The van der Waals surface area contributed by atoms with Crippen LogP contribution in [0.25, 0.3) is 0 Å². The zero-order valence-electron chi connectivity index (χ0n) is 10.6. The van der Waals surface area contributed by atoms with Gasteiger partial charge in [0, 0.05) is 10.6 Å². The summed E-state index contributed by atoms with van der Waals surface area (Å²) in [6.45, 7) is 1.00. The Morgan fingerprint density at radius 3 is 2.89 bits per heavy atom. The van der Waals surface area contributed by atoms with Crippen molar-refractivity contribution in [3.05, 3.63) is 20.2 Å². The van der Waals surface area contributed by atoms with E-state index in [1.54, 1.807) is 4.57 Å². The molecular weight excluding hydrogens is 279 g/mol. The molecule has 2 rings (SSSR count). The van der Waals surface area contributed by atoms with Crippen LogP contribution >= 0.6 is 11.3 Å². The summed E-state index contributed by atoms with van der Waals surface area (Å²) in [5.41, 5.74) is 0.990. The molecule has 0 aromatic carbocycles. The normalized spacial score (nSPS) is 19.5. The van der Waals surface area contributed by atoms with Gasteiger partial charge in [0.05, 0.1) is 13.2 Å². The highest BCUT2D eigenvalue weighted by Crippen LogP contribution is 2.27. The Bertz CT molecular complexity index is 492. The highest BCUT2D eigenvalue weighted by Gasteiger charge is 2.27. The van der Waals surface area contributed by atoms with Gasteiger partial charge < -0.3 is 9.30 Å². The van der Waals surface area contributed by atoms with Crippen LogP contribution in [0.2, 0.25) is 0 Å². The molecule has 0 N–H and O–H groups in total. The first-order chi connectivity index (χ1) is 8.87. The van der Waals surface area contributed by atoms with E-state index in [1.165, 1.54) is 11.3 Å². The summed E-state index contributed by atoms with van der Waals surface area (Å²) in [6.07, 6.45) is -1.57. The summed E-state index contributed by atoms with van der Waals surface area (Å²) in [5.74, 6) is 0.570. The van der Waals surface area contributed by atoms with Crippen molar-refractivity contribution in [3.8, 4) is 0 Å². The highest BCUT2D eigenvalue weighted by molar-refractivity contribution is 7.09. The van der Waals surface area contributed by atoms with Crippen LogP contribution in [0.15, 0.2) is 4.79 Å². The highest BCUT2D eigenvalue weighted by atomic mass is 32.1. The van der Waals surface area contributed by atoms with Gasteiger partial charge in [-0.1, -0.05) is 18.3 Å². The van der Waals surface area contributed by atoms with Crippen LogP contribution in [0.5, 0.6) is 0 Å². The first-order valence-electron chi connectivity index (χ1n) is 6.22. The van der Waals surface area contributed by atoms with E-state index < -0.39 is 12.8 Å². The van der Waals surface area contributed by atoms with Crippen LogP contribution < -0.4 is 4.87 Å². The van der Waals surface area contributed by atoms with Crippen molar-refractivity contribution >= 4 is 11.3 Å². The van der Waals surface area contributed by atoms with E-state index in [2.05, 4.69) is 11.7 Å². The Labute approximate surface area is 113 Å². The first-order valence-corrected chi connectivity index (χ1v) is 7.04. The van der Waals surface area contributed by atoms with E-state index in [0.29, 0.717) is 5.92 Å². The Hall–Kier alpha value is -0.820. The van der Waals surface area contributed by atoms with Gasteiger partial charge in [-0.15, -0.1) is 0 Å². The molecule has 7 heteroatoms. The largest absolute Gasteiger partial charge is 0.411 e. The fourth-order valence-electron chi connectivity index (χ4n) is 2.29. The van der Waals surface area contributed by atoms with Crippen molar-refractivity contribution < 1.29 is 17.9 Å². The molecule has 1 aromatic heterocycles. The molecular formula is C12H16F3NO2S. The molecule has 0 unspecified atom stereocenters. The summed E-state index contributed by atoms with van der Waals surface area (Å²) in [4.78, 5) is 12.8. The minimum Gasteiger partial charge on any atom is -0.370 e. The molecule has 0 saturated heterocycles. The lowest BCUT2D eigenvalue weighted by Crippen LogP contribution is -2.24. The van der Waals surface area contributed by atoms with E-state index >= 15 is 0 Å². The number of halogens is 3. The minimum absolute atomic E-state index is 0.0852. The van der Waals surface area contributed by atoms with Gasteiger partial charge in [0.25, 0.3) is 0 Å². The van der Waals surface area contributed by atoms with E-state index in [4.69, 9.17) is 0 Å². The molecule has 0 saturated carbocycles. The summed E-state index contributed by atoms with van der Waals surface area (Å²) < 4.78 is 41.9. The van der Waals surface area contributed by atoms with Gasteiger partial charge >= 0.3 is 11.0 Å². The number of thiazole rings is 1. The lowest BCUT2D eigenvalue weighted by Gasteiger charge is -2.19. The number of aromatic nitrogens is 1. The van der Waals surface area contributed by atoms with Gasteiger partial charge in [-0.25, -0.2) is 0 Å². The van der Waals surface area contributed by atoms with Crippen LogP contribution in [0, 0.1) is 5.92 Å². The Morgan fingerprint density at radius 1 is 1.47 bits per heavy atom. The molecule has 1 aliphatic rings. The third-order valence-corrected chi connectivity index (χ3v) is 4.26. The van der Waals surface area contributed by atoms with Crippen molar-refractivity contribution in [2.45, 2.75) is 38.9 Å². The van der Waals surface area contributed by atoms with Gasteiger partial charge in [-0.3, -0.25) is 4.79 Å². The topological polar surface area (TPSA) is 31.2 Å². The average molecular weight is 295 g/mol. The van der Waals surface area contributed by atoms with Gasteiger partial charge in [-0.05, 0) is 25.2 Å². The molecule has 1 aromatic rings. The summed E-state index contributed by atoms with van der Waals surface area (Å²) in [6, 6.07) is 0. The van der Waals surface area contributed by atoms with Crippen molar-refractivity contribution in [1.82, 2.24) is 4.57 Å². The molecule has 0 spiro atoms. The van der Waals surface area contributed by atoms with Gasteiger partial charge in [-0.2, -0.15) is 13.2 Å². The molecule has 1 heterocycles. The summed E-state index contributed by atoms with van der Waals surface area (Å²) >= 11 is 1.21. The lowest BCUT2D eigenvalue weighted by molar-refractivity contribution is -0.174.